The van der Waals surface area contributed by atoms with Gasteiger partial charge in [0.25, 0.3) is 0 Å². The Morgan fingerprint density at radius 2 is 2.00 bits per heavy atom. The molecule has 0 aromatic heterocycles. The number of rotatable bonds is 8. The molecule has 2 aromatic rings. The lowest BCUT2D eigenvalue weighted by Crippen LogP contribution is -2.11. The van der Waals surface area contributed by atoms with Crippen LogP contribution in [0.15, 0.2) is 41.4 Å². The van der Waals surface area contributed by atoms with Gasteiger partial charge in [-0.3, -0.25) is 4.99 Å². The van der Waals surface area contributed by atoms with Crippen LogP contribution in [-0.4, -0.2) is 31.0 Å². The predicted octanol–water partition coefficient (Wildman–Crippen LogP) is 5.03. The Balaban J connectivity index is 2.19. The second-order valence-electron chi connectivity index (χ2n) is 5.88. The highest BCUT2D eigenvalue weighted by Crippen LogP contribution is 2.33. The van der Waals surface area contributed by atoms with Crippen LogP contribution in [0.3, 0.4) is 0 Å². The third-order valence-corrected chi connectivity index (χ3v) is 4.83. The topological polar surface area (TPSA) is 68.1 Å². The van der Waals surface area contributed by atoms with Crippen molar-refractivity contribution in [3.63, 3.8) is 0 Å². The smallest absolute Gasteiger partial charge is 0.341 e. The predicted molar refractivity (Wildman–Crippen MR) is 111 cm³/mol. The number of carboxylic acids is 1. The lowest BCUT2D eigenvalue weighted by molar-refractivity contribution is -0.139. The van der Waals surface area contributed by atoms with Crippen LogP contribution >= 0.6 is 22.6 Å². The number of hydrogen-bond donors (Lipinski definition) is 1. The van der Waals surface area contributed by atoms with E-state index in [4.69, 9.17) is 14.6 Å². The normalized spacial score (nSPS) is 12.2. The van der Waals surface area contributed by atoms with E-state index in [1.165, 1.54) is 12.7 Å². The molecule has 0 radical (unpaired) electrons. The van der Waals surface area contributed by atoms with Gasteiger partial charge in [0.15, 0.2) is 18.1 Å². The van der Waals surface area contributed by atoms with Crippen LogP contribution in [0.5, 0.6) is 11.5 Å². The molecule has 0 bridgehead atoms. The fraction of sp³-hybridized carbons (Fsp3) is 0.300. The highest BCUT2D eigenvalue weighted by Gasteiger charge is 2.12. The number of benzene rings is 2. The molecule has 0 heterocycles. The molecule has 0 saturated carbocycles. The van der Waals surface area contributed by atoms with Crippen molar-refractivity contribution in [1.29, 1.82) is 0 Å². The molecule has 5 nitrogen and oxygen atoms in total. The summed E-state index contributed by atoms with van der Waals surface area (Å²) in [4.78, 5) is 15.2. The number of halogens is 1. The first-order valence-electron chi connectivity index (χ1n) is 8.30. The van der Waals surface area contributed by atoms with Crippen molar-refractivity contribution in [2.24, 2.45) is 4.99 Å². The van der Waals surface area contributed by atoms with Crippen molar-refractivity contribution >= 4 is 40.5 Å². The third kappa shape index (κ3) is 5.45. The molecular weight excluding hydrogens is 445 g/mol. The van der Waals surface area contributed by atoms with Gasteiger partial charge >= 0.3 is 5.97 Å². The molecule has 6 heteroatoms. The minimum atomic E-state index is -1.03. The Morgan fingerprint density at radius 3 is 2.58 bits per heavy atom. The summed E-state index contributed by atoms with van der Waals surface area (Å²) in [5.74, 6) is 0.406. The van der Waals surface area contributed by atoms with Gasteiger partial charge in [-0.1, -0.05) is 26.0 Å². The summed E-state index contributed by atoms with van der Waals surface area (Å²) < 4.78 is 11.4. The lowest BCUT2D eigenvalue weighted by Gasteiger charge is -2.12. The summed E-state index contributed by atoms with van der Waals surface area (Å²) in [5.41, 5.74) is 3.03. The monoisotopic (exact) mass is 467 g/mol. The molecule has 1 atom stereocenters. The zero-order valence-electron chi connectivity index (χ0n) is 15.0. The number of nitrogens with zero attached hydrogens (tertiary/aromatic N) is 1. The van der Waals surface area contributed by atoms with Crippen molar-refractivity contribution in [2.45, 2.75) is 26.2 Å². The van der Waals surface area contributed by atoms with Gasteiger partial charge in [-0.2, -0.15) is 0 Å². The molecule has 138 valence electrons. The number of aliphatic carboxylic acids is 1. The molecule has 0 aliphatic heterocycles. The second kappa shape index (κ2) is 9.56. The number of methoxy groups -OCH3 is 1. The van der Waals surface area contributed by atoms with Crippen LogP contribution in [0, 0.1) is 3.57 Å². The summed E-state index contributed by atoms with van der Waals surface area (Å²) in [7, 11) is 1.52. The van der Waals surface area contributed by atoms with Crippen LogP contribution in [0.25, 0.3) is 0 Å². The fourth-order valence-electron chi connectivity index (χ4n) is 2.36. The number of aliphatic imine (C=N–C) groups is 1. The second-order valence-corrected chi connectivity index (χ2v) is 7.04. The van der Waals surface area contributed by atoms with E-state index in [9.17, 15) is 4.79 Å². The molecule has 1 N–H and O–H groups in total. The highest BCUT2D eigenvalue weighted by atomic mass is 127. The van der Waals surface area contributed by atoms with Crippen LogP contribution in [0.4, 0.5) is 5.69 Å². The van der Waals surface area contributed by atoms with Gasteiger partial charge in [-0.25, -0.2) is 4.79 Å². The summed E-state index contributed by atoms with van der Waals surface area (Å²) >= 11 is 2.09. The number of ether oxygens (including phenoxy) is 2. The average Bonchev–Trinajstić information content (AvgIpc) is 2.64. The molecular formula is C20H22INO4. The SMILES string of the molecule is CC[C@H](C)c1ccc(N=Cc2cc(I)c(OCC(=O)O)c(OC)c2)cc1. The van der Waals surface area contributed by atoms with Crippen LogP contribution in [0.1, 0.15) is 37.3 Å². The van der Waals surface area contributed by atoms with Crippen molar-refractivity contribution in [3.8, 4) is 11.5 Å². The molecule has 2 aromatic carbocycles. The minimum absolute atomic E-state index is 0.414. The maximum absolute atomic E-state index is 10.7. The fourth-order valence-corrected chi connectivity index (χ4v) is 3.14. The Labute approximate surface area is 167 Å². The largest absolute Gasteiger partial charge is 0.493 e. The quantitative estimate of drug-likeness (QED) is 0.437. The Morgan fingerprint density at radius 1 is 1.31 bits per heavy atom. The van der Waals surface area contributed by atoms with E-state index in [0.29, 0.717) is 17.4 Å². The molecule has 0 amide bonds. The molecule has 26 heavy (non-hydrogen) atoms. The molecule has 0 unspecified atom stereocenters. The summed E-state index contributed by atoms with van der Waals surface area (Å²) in [6.45, 7) is 3.97. The van der Waals surface area contributed by atoms with Crippen molar-refractivity contribution in [3.05, 3.63) is 51.1 Å². The first kappa shape index (κ1) is 20.2. The molecule has 0 aliphatic carbocycles. The first-order chi connectivity index (χ1) is 12.4. The summed E-state index contributed by atoms with van der Waals surface area (Å²) in [6.07, 6.45) is 2.86. The standard InChI is InChI=1S/C20H22INO4/c1-4-13(2)15-5-7-16(8-6-15)22-11-14-9-17(21)20(18(10-14)25-3)26-12-19(23)24/h5-11,13H,4,12H2,1-3H3,(H,23,24)/t13-/m0/s1. The van der Waals surface area contributed by atoms with Gasteiger partial charge in [-0.15, -0.1) is 0 Å². The maximum Gasteiger partial charge on any atom is 0.341 e. The number of carboxylic acid groups (broad SMARTS) is 1. The average molecular weight is 467 g/mol. The Kier molecular flexibility index (Phi) is 7.44. The Hall–Kier alpha value is -2.09. The lowest BCUT2D eigenvalue weighted by atomic mass is 9.99. The zero-order chi connectivity index (χ0) is 19.1. The van der Waals surface area contributed by atoms with Crippen LogP contribution in [-0.2, 0) is 4.79 Å². The molecule has 0 fully saturated rings. The van der Waals surface area contributed by atoms with Gasteiger partial charge in [0, 0.05) is 6.21 Å². The van der Waals surface area contributed by atoms with E-state index < -0.39 is 12.6 Å². The number of hydrogen-bond acceptors (Lipinski definition) is 4. The highest BCUT2D eigenvalue weighted by molar-refractivity contribution is 14.1. The van der Waals surface area contributed by atoms with Gasteiger partial charge in [0.1, 0.15) is 0 Å². The summed E-state index contributed by atoms with van der Waals surface area (Å²) in [6, 6.07) is 11.9. The molecule has 2 rings (SSSR count). The van der Waals surface area contributed by atoms with E-state index in [0.717, 1.165) is 21.2 Å². The van der Waals surface area contributed by atoms with E-state index >= 15 is 0 Å². The molecule has 0 aliphatic rings. The maximum atomic E-state index is 10.7. The third-order valence-electron chi connectivity index (χ3n) is 4.03. The van der Waals surface area contributed by atoms with Gasteiger partial charge < -0.3 is 14.6 Å². The van der Waals surface area contributed by atoms with Crippen molar-refractivity contribution in [1.82, 2.24) is 0 Å². The van der Waals surface area contributed by atoms with Crippen LogP contribution < -0.4 is 9.47 Å². The van der Waals surface area contributed by atoms with E-state index in [1.54, 1.807) is 12.3 Å². The molecule has 0 spiro atoms. The number of carbonyl (C=O) groups is 1. The minimum Gasteiger partial charge on any atom is -0.493 e. The van der Waals surface area contributed by atoms with Crippen molar-refractivity contribution in [2.75, 3.05) is 13.7 Å². The first-order valence-corrected chi connectivity index (χ1v) is 9.38. The summed E-state index contributed by atoms with van der Waals surface area (Å²) in [5, 5.41) is 8.77. The molecule has 0 saturated heterocycles. The van der Waals surface area contributed by atoms with E-state index in [-0.39, 0.29) is 0 Å². The van der Waals surface area contributed by atoms with Crippen molar-refractivity contribution < 1.29 is 19.4 Å². The zero-order valence-corrected chi connectivity index (χ0v) is 17.2. The van der Waals surface area contributed by atoms with Gasteiger partial charge in [0.2, 0.25) is 0 Å². The van der Waals surface area contributed by atoms with Gasteiger partial charge in [0.05, 0.1) is 16.4 Å². The van der Waals surface area contributed by atoms with E-state index in [2.05, 4.69) is 53.6 Å². The van der Waals surface area contributed by atoms with Gasteiger partial charge in [-0.05, 0) is 70.3 Å². The van der Waals surface area contributed by atoms with Crippen LogP contribution in [0.2, 0.25) is 0 Å². The Bertz CT molecular complexity index is 787. The van der Waals surface area contributed by atoms with E-state index in [1.807, 2.05) is 18.2 Å².